The Morgan fingerprint density at radius 1 is 1.33 bits per heavy atom. The summed E-state index contributed by atoms with van der Waals surface area (Å²) in [6.07, 6.45) is 0. The predicted molar refractivity (Wildman–Crippen MR) is 71.6 cm³/mol. The number of aromatic nitrogens is 1. The van der Waals surface area contributed by atoms with Gasteiger partial charge in [-0.2, -0.15) is 0 Å². The zero-order chi connectivity index (χ0) is 13.3. The third-order valence-electron chi connectivity index (χ3n) is 2.70. The molecule has 5 heteroatoms. The lowest BCUT2D eigenvalue weighted by atomic mass is 10.2. The summed E-state index contributed by atoms with van der Waals surface area (Å²) >= 11 is 3.38. The molecule has 0 amide bonds. The Labute approximate surface area is 113 Å². The molecule has 0 spiro atoms. The number of fused-ring (bicyclic) bond motifs is 1. The maximum atomic E-state index is 11.9. The van der Waals surface area contributed by atoms with E-state index in [0.717, 1.165) is 15.4 Å². The number of aryl methyl sites for hydroxylation is 1. The number of carbonyl (C=O) groups excluding carboxylic acids is 2. The Hall–Kier alpha value is -1.62. The predicted octanol–water partition coefficient (Wildman–Crippen LogP) is 2.69. The van der Waals surface area contributed by atoms with Crippen molar-refractivity contribution in [2.24, 2.45) is 7.05 Å². The van der Waals surface area contributed by atoms with Gasteiger partial charge >= 0.3 is 5.97 Å². The van der Waals surface area contributed by atoms with Crippen LogP contribution in [0.1, 0.15) is 17.4 Å². The number of benzene rings is 1. The number of ether oxygens (including phenoxy) is 1. The molecule has 0 unspecified atom stereocenters. The van der Waals surface area contributed by atoms with Crippen molar-refractivity contribution in [3.05, 3.63) is 34.4 Å². The second-order valence-corrected chi connectivity index (χ2v) is 4.76. The highest BCUT2D eigenvalue weighted by molar-refractivity contribution is 9.10. The second kappa shape index (κ2) is 4.94. The normalized spacial score (nSPS) is 10.6. The van der Waals surface area contributed by atoms with E-state index in [9.17, 15) is 9.59 Å². The number of Topliss-reactive ketones (excluding diaryl/α,β-unsaturated/α-hetero) is 1. The third kappa shape index (κ3) is 2.18. The van der Waals surface area contributed by atoms with Crippen LogP contribution in [-0.4, -0.2) is 22.9 Å². The van der Waals surface area contributed by atoms with Crippen molar-refractivity contribution in [1.82, 2.24) is 4.57 Å². The van der Waals surface area contributed by atoms with Gasteiger partial charge in [0.2, 0.25) is 0 Å². The second-order valence-electron chi connectivity index (χ2n) is 3.84. The molecule has 0 atom stereocenters. The minimum atomic E-state index is -0.817. The van der Waals surface area contributed by atoms with E-state index < -0.39 is 11.8 Å². The largest absolute Gasteiger partial charge is 0.460 e. The summed E-state index contributed by atoms with van der Waals surface area (Å²) in [5.41, 5.74) is 1.22. The molecule has 1 aromatic heterocycles. The van der Waals surface area contributed by atoms with Crippen LogP contribution in [0.5, 0.6) is 0 Å². The lowest BCUT2D eigenvalue weighted by Crippen LogP contribution is -2.19. The summed E-state index contributed by atoms with van der Waals surface area (Å²) in [6.45, 7) is 1.86. The number of hydrogen-bond acceptors (Lipinski definition) is 3. The average molecular weight is 310 g/mol. The summed E-state index contributed by atoms with van der Waals surface area (Å²) in [4.78, 5) is 23.3. The molecule has 0 aliphatic carbocycles. The number of nitrogens with zero attached hydrogens (tertiary/aromatic N) is 1. The van der Waals surface area contributed by atoms with Crippen LogP contribution < -0.4 is 0 Å². The molecule has 94 valence electrons. The number of ketones is 1. The fourth-order valence-corrected chi connectivity index (χ4v) is 2.17. The maximum Gasteiger partial charge on any atom is 0.381 e. The molecule has 0 N–H and O–H groups in total. The SMILES string of the molecule is CCOC(=O)C(=O)c1cc2ccc(Br)cc2n1C. The van der Waals surface area contributed by atoms with Gasteiger partial charge in [-0.15, -0.1) is 0 Å². The van der Waals surface area contributed by atoms with E-state index in [1.54, 1.807) is 24.6 Å². The van der Waals surface area contributed by atoms with Crippen molar-refractivity contribution < 1.29 is 14.3 Å². The summed E-state index contributed by atoms with van der Waals surface area (Å²) in [5.74, 6) is -1.44. The van der Waals surface area contributed by atoms with Crippen LogP contribution in [0.3, 0.4) is 0 Å². The van der Waals surface area contributed by atoms with Crippen molar-refractivity contribution >= 4 is 38.6 Å². The molecule has 1 heterocycles. The van der Waals surface area contributed by atoms with Crippen LogP contribution in [0, 0.1) is 0 Å². The van der Waals surface area contributed by atoms with Crippen LogP contribution in [0.25, 0.3) is 10.9 Å². The fraction of sp³-hybridized carbons (Fsp3) is 0.231. The van der Waals surface area contributed by atoms with Gasteiger partial charge in [-0.25, -0.2) is 4.79 Å². The summed E-state index contributed by atoms with van der Waals surface area (Å²) in [7, 11) is 1.75. The topological polar surface area (TPSA) is 48.3 Å². The molecular formula is C13H12BrNO3. The smallest absolute Gasteiger partial charge is 0.381 e. The van der Waals surface area contributed by atoms with Gasteiger partial charge in [0, 0.05) is 22.4 Å². The first-order chi connectivity index (χ1) is 8.54. The number of esters is 1. The zero-order valence-electron chi connectivity index (χ0n) is 10.1. The average Bonchev–Trinajstić information content (AvgIpc) is 2.66. The van der Waals surface area contributed by atoms with E-state index in [0.29, 0.717) is 5.69 Å². The van der Waals surface area contributed by atoms with Gasteiger partial charge in [-0.05, 0) is 25.1 Å². The lowest BCUT2D eigenvalue weighted by molar-refractivity contribution is -0.137. The number of halogens is 1. The van der Waals surface area contributed by atoms with Gasteiger partial charge < -0.3 is 9.30 Å². The van der Waals surface area contributed by atoms with Gasteiger partial charge in [0.15, 0.2) is 0 Å². The highest BCUT2D eigenvalue weighted by atomic mass is 79.9. The Kier molecular flexibility index (Phi) is 3.52. The van der Waals surface area contributed by atoms with Gasteiger partial charge in [-0.1, -0.05) is 22.0 Å². The first kappa shape index (κ1) is 12.8. The Morgan fingerprint density at radius 3 is 2.72 bits per heavy atom. The Morgan fingerprint density at radius 2 is 2.06 bits per heavy atom. The van der Waals surface area contributed by atoms with Crippen molar-refractivity contribution in [1.29, 1.82) is 0 Å². The minimum absolute atomic E-state index is 0.195. The Balaban J connectivity index is 2.49. The van der Waals surface area contributed by atoms with E-state index in [4.69, 9.17) is 4.74 Å². The third-order valence-corrected chi connectivity index (χ3v) is 3.19. The summed E-state index contributed by atoms with van der Waals surface area (Å²) < 4.78 is 7.34. The first-order valence-corrected chi connectivity index (χ1v) is 6.30. The van der Waals surface area contributed by atoms with E-state index in [2.05, 4.69) is 15.9 Å². The molecule has 0 bridgehead atoms. The van der Waals surface area contributed by atoms with Crippen LogP contribution in [0.4, 0.5) is 0 Å². The molecule has 0 radical (unpaired) electrons. The molecule has 0 fully saturated rings. The molecular weight excluding hydrogens is 298 g/mol. The monoisotopic (exact) mass is 309 g/mol. The van der Waals surface area contributed by atoms with Gasteiger partial charge in [0.1, 0.15) is 0 Å². The molecule has 0 saturated carbocycles. The van der Waals surface area contributed by atoms with Crippen molar-refractivity contribution in [2.45, 2.75) is 6.92 Å². The van der Waals surface area contributed by atoms with Crippen LogP contribution in [-0.2, 0) is 16.6 Å². The molecule has 0 aliphatic heterocycles. The highest BCUT2D eigenvalue weighted by Gasteiger charge is 2.21. The van der Waals surface area contributed by atoms with Crippen molar-refractivity contribution in [2.75, 3.05) is 6.61 Å². The Bertz CT molecular complexity index is 630. The first-order valence-electron chi connectivity index (χ1n) is 5.51. The van der Waals surface area contributed by atoms with Gasteiger partial charge in [0.25, 0.3) is 5.78 Å². The summed E-state index contributed by atoms with van der Waals surface area (Å²) in [5, 5.41) is 0.911. The zero-order valence-corrected chi connectivity index (χ0v) is 11.7. The standard InChI is InChI=1S/C13H12BrNO3/c1-3-18-13(17)12(16)11-6-8-4-5-9(14)7-10(8)15(11)2/h4-7H,3H2,1-2H3. The molecule has 0 aliphatic rings. The number of carbonyl (C=O) groups is 2. The van der Waals surface area contributed by atoms with E-state index in [-0.39, 0.29) is 6.61 Å². The van der Waals surface area contributed by atoms with Crippen LogP contribution in [0.2, 0.25) is 0 Å². The van der Waals surface area contributed by atoms with Gasteiger partial charge in [0.05, 0.1) is 12.3 Å². The molecule has 18 heavy (non-hydrogen) atoms. The number of rotatable bonds is 3. The van der Waals surface area contributed by atoms with E-state index in [1.165, 1.54) is 0 Å². The summed E-state index contributed by atoms with van der Waals surface area (Å²) in [6, 6.07) is 7.38. The van der Waals surface area contributed by atoms with E-state index >= 15 is 0 Å². The maximum absolute atomic E-state index is 11.9. The van der Waals surface area contributed by atoms with Crippen molar-refractivity contribution in [3.8, 4) is 0 Å². The minimum Gasteiger partial charge on any atom is -0.460 e. The lowest BCUT2D eigenvalue weighted by Gasteiger charge is -2.03. The van der Waals surface area contributed by atoms with Crippen LogP contribution >= 0.6 is 15.9 Å². The molecule has 2 rings (SSSR count). The molecule has 4 nitrogen and oxygen atoms in total. The highest BCUT2D eigenvalue weighted by Crippen LogP contribution is 2.23. The fourth-order valence-electron chi connectivity index (χ4n) is 1.82. The molecule has 2 aromatic rings. The van der Waals surface area contributed by atoms with Crippen LogP contribution in [0.15, 0.2) is 28.7 Å². The van der Waals surface area contributed by atoms with Gasteiger partial charge in [-0.3, -0.25) is 4.79 Å². The van der Waals surface area contributed by atoms with E-state index in [1.807, 2.05) is 18.2 Å². The quantitative estimate of drug-likeness (QED) is 0.497. The molecule has 0 saturated heterocycles. The molecule has 1 aromatic carbocycles. The number of hydrogen-bond donors (Lipinski definition) is 0. The van der Waals surface area contributed by atoms with Crippen molar-refractivity contribution in [3.63, 3.8) is 0 Å².